The Kier molecular flexibility index (Phi) is 16.6. The van der Waals surface area contributed by atoms with Crippen molar-refractivity contribution in [3.8, 4) is 0 Å². The molecular formula is C32H49N5O7. The van der Waals surface area contributed by atoms with Crippen molar-refractivity contribution in [2.45, 2.75) is 103 Å². The van der Waals surface area contributed by atoms with E-state index in [2.05, 4.69) is 27.8 Å². The van der Waals surface area contributed by atoms with Crippen LogP contribution in [0.2, 0.25) is 0 Å². The van der Waals surface area contributed by atoms with E-state index in [1.54, 1.807) is 26.0 Å². The Labute approximate surface area is 260 Å². The topological polar surface area (TPSA) is 186 Å². The quantitative estimate of drug-likeness (QED) is 0.0781. The van der Waals surface area contributed by atoms with Gasteiger partial charge in [0.2, 0.25) is 23.6 Å². The molecule has 1 rings (SSSR count). The van der Waals surface area contributed by atoms with Crippen LogP contribution in [0.3, 0.4) is 0 Å². The van der Waals surface area contributed by atoms with Crippen molar-refractivity contribution in [3.63, 3.8) is 0 Å². The van der Waals surface area contributed by atoms with Crippen LogP contribution in [0.1, 0.15) is 72.3 Å². The molecule has 44 heavy (non-hydrogen) atoms. The number of amides is 4. The predicted molar refractivity (Wildman–Crippen MR) is 167 cm³/mol. The molecule has 0 aliphatic rings. The van der Waals surface area contributed by atoms with Crippen LogP contribution in [0.25, 0.3) is 0 Å². The lowest BCUT2D eigenvalue weighted by Crippen LogP contribution is -2.58. The fourth-order valence-electron chi connectivity index (χ4n) is 4.46. The molecule has 0 spiro atoms. The van der Waals surface area contributed by atoms with Gasteiger partial charge in [-0.3, -0.25) is 28.8 Å². The summed E-state index contributed by atoms with van der Waals surface area (Å²) < 4.78 is 5.04. The maximum absolute atomic E-state index is 13.7. The molecule has 4 amide bonds. The van der Waals surface area contributed by atoms with Gasteiger partial charge in [0.25, 0.3) is 6.47 Å². The highest BCUT2D eigenvalue weighted by Crippen LogP contribution is 2.17. The highest BCUT2D eigenvalue weighted by Gasteiger charge is 2.33. The first-order valence-corrected chi connectivity index (χ1v) is 14.9. The molecule has 0 aliphatic heterocycles. The summed E-state index contributed by atoms with van der Waals surface area (Å²) in [6, 6.07) is 5.14. The highest BCUT2D eigenvalue weighted by atomic mass is 16.5. The lowest BCUT2D eigenvalue weighted by atomic mass is 9.94. The van der Waals surface area contributed by atoms with Crippen molar-refractivity contribution in [1.29, 1.82) is 0 Å². The lowest BCUT2D eigenvalue weighted by molar-refractivity contribution is -0.144. The molecule has 0 bridgehead atoms. The van der Waals surface area contributed by atoms with Crippen molar-refractivity contribution < 1.29 is 33.5 Å². The Balaban J connectivity index is 3.25. The third kappa shape index (κ3) is 14.4. The molecular weight excluding hydrogens is 566 g/mol. The molecule has 0 aromatic heterocycles. The number of nitrogens with one attached hydrogen (secondary N) is 4. The molecule has 1 aromatic carbocycles. The van der Waals surface area contributed by atoms with Crippen LogP contribution in [0.15, 0.2) is 43.0 Å². The van der Waals surface area contributed by atoms with Gasteiger partial charge in [-0.15, -0.1) is 0 Å². The summed E-state index contributed by atoms with van der Waals surface area (Å²) in [7, 11) is 0. The second-order valence-corrected chi connectivity index (χ2v) is 11.8. The van der Waals surface area contributed by atoms with Crippen LogP contribution in [0.4, 0.5) is 0 Å². The van der Waals surface area contributed by atoms with Crippen LogP contribution < -0.4 is 27.0 Å². The number of benzene rings is 1. The van der Waals surface area contributed by atoms with Gasteiger partial charge in [-0.1, -0.05) is 50.8 Å². The summed E-state index contributed by atoms with van der Waals surface area (Å²) in [6.45, 7) is 12.5. The Hall–Kier alpha value is -4.06. The number of carbonyl (C=O) groups is 6. The molecule has 4 atom stereocenters. The van der Waals surface area contributed by atoms with E-state index >= 15 is 0 Å². The Morgan fingerprint density at radius 2 is 1.48 bits per heavy atom. The van der Waals surface area contributed by atoms with Gasteiger partial charge in [0.15, 0.2) is 5.78 Å². The Morgan fingerprint density at radius 1 is 0.886 bits per heavy atom. The second kappa shape index (κ2) is 19.3. The Morgan fingerprint density at radius 3 is 2.05 bits per heavy atom. The van der Waals surface area contributed by atoms with E-state index < -0.39 is 53.4 Å². The van der Waals surface area contributed by atoms with Crippen molar-refractivity contribution in [1.82, 2.24) is 21.3 Å². The number of ether oxygens (including phenoxy) is 1. The van der Waals surface area contributed by atoms with E-state index in [0.717, 1.165) is 11.6 Å². The van der Waals surface area contributed by atoms with Gasteiger partial charge in [0.1, 0.15) is 23.7 Å². The van der Waals surface area contributed by atoms with Gasteiger partial charge in [0.05, 0.1) is 6.04 Å². The van der Waals surface area contributed by atoms with E-state index in [9.17, 15) is 28.8 Å². The standard InChI is InChI=1S/C32H49N5O7/c1-7-28(40)34-22(4)29(41)36-25(17-21(2)3)30(42)37-26(18-23-13-9-8-10-14-23)31(43)35-24(15-11-12-16-33)27(39)19-32(5,6)44-20-38/h7-10,13-14,20-22,24-26H,1,11-12,15-19,33H2,2-6H3,(H,34,40)(H,35,43)(H,36,41)(H,37,42)/t22-,24-,25-,26-/m0/s1. The van der Waals surface area contributed by atoms with Crippen LogP contribution >= 0.6 is 0 Å². The minimum atomic E-state index is -1.08. The molecule has 0 saturated heterocycles. The van der Waals surface area contributed by atoms with Crippen molar-refractivity contribution >= 4 is 35.9 Å². The van der Waals surface area contributed by atoms with Gasteiger partial charge in [-0.2, -0.15) is 0 Å². The summed E-state index contributed by atoms with van der Waals surface area (Å²) in [4.78, 5) is 75.9. The second-order valence-electron chi connectivity index (χ2n) is 11.8. The fraction of sp³-hybridized carbons (Fsp3) is 0.562. The average Bonchev–Trinajstić information content (AvgIpc) is 2.95. The zero-order valence-electron chi connectivity index (χ0n) is 26.5. The first-order chi connectivity index (χ1) is 20.7. The third-order valence-corrected chi connectivity index (χ3v) is 6.81. The summed E-state index contributed by atoms with van der Waals surface area (Å²) in [6.07, 6.45) is 2.82. The first-order valence-electron chi connectivity index (χ1n) is 14.9. The van der Waals surface area contributed by atoms with Gasteiger partial charge >= 0.3 is 0 Å². The first kappa shape index (κ1) is 38.0. The number of carbonyl (C=O) groups excluding carboxylic acids is 6. The summed E-state index contributed by atoms with van der Waals surface area (Å²) in [5.41, 5.74) is 5.33. The van der Waals surface area contributed by atoms with Crippen molar-refractivity contribution in [3.05, 3.63) is 48.6 Å². The minimum absolute atomic E-state index is 0.00649. The molecule has 0 saturated carbocycles. The summed E-state index contributed by atoms with van der Waals surface area (Å²) in [5.74, 6) is -2.59. The smallest absolute Gasteiger partial charge is 0.293 e. The molecule has 0 aliphatic carbocycles. The molecule has 0 fully saturated rings. The maximum atomic E-state index is 13.7. The molecule has 12 heteroatoms. The van der Waals surface area contributed by atoms with Crippen LogP contribution in [-0.4, -0.2) is 72.2 Å². The van der Waals surface area contributed by atoms with E-state index in [1.165, 1.54) is 6.92 Å². The van der Waals surface area contributed by atoms with Gasteiger partial charge in [0, 0.05) is 12.8 Å². The number of hydrogen-bond acceptors (Lipinski definition) is 8. The van der Waals surface area contributed by atoms with Crippen molar-refractivity contribution in [2.24, 2.45) is 11.7 Å². The van der Waals surface area contributed by atoms with E-state index in [-0.39, 0.29) is 37.4 Å². The van der Waals surface area contributed by atoms with Crippen molar-refractivity contribution in [2.75, 3.05) is 6.54 Å². The number of nitrogens with two attached hydrogens (primary N) is 1. The predicted octanol–water partition coefficient (Wildman–Crippen LogP) is 1.46. The van der Waals surface area contributed by atoms with Crippen LogP contribution in [-0.2, 0) is 39.9 Å². The molecule has 12 nitrogen and oxygen atoms in total. The average molecular weight is 616 g/mol. The number of rotatable bonds is 21. The Bertz CT molecular complexity index is 1120. The zero-order chi connectivity index (χ0) is 33.3. The molecule has 244 valence electrons. The fourth-order valence-corrected chi connectivity index (χ4v) is 4.46. The molecule has 0 unspecified atom stereocenters. The van der Waals surface area contributed by atoms with Gasteiger partial charge < -0.3 is 31.7 Å². The zero-order valence-corrected chi connectivity index (χ0v) is 26.5. The van der Waals surface area contributed by atoms with E-state index in [4.69, 9.17) is 10.5 Å². The maximum Gasteiger partial charge on any atom is 0.293 e. The lowest BCUT2D eigenvalue weighted by Gasteiger charge is -2.28. The van der Waals surface area contributed by atoms with Crippen LogP contribution in [0.5, 0.6) is 0 Å². The monoisotopic (exact) mass is 615 g/mol. The molecule has 6 N–H and O–H groups in total. The molecule has 0 radical (unpaired) electrons. The summed E-state index contributed by atoms with van der Waals surface area (Å²) >= 11 is 0. The minimum Gasteiger partial charge on any atom is -0.461 e. The number of unbranched alkanes of at least 4 members (excludes halogenated alkanes) is 1. The SMILES string of the molecule is C=CC(=O)N[C@@H](C)C(=O)N[C@@H](CC(C)C)C(=O)N[C@@H](Cc1ccccc1)C(=O)N[C@@H](CCCCN)C(=O)CC(C)(C)OC=O. The van der Waals surface area contributed by atoms with E-state index in [0.29, 0.717) is 25.8 Å². The molecule has 1 aromatic rings. The molecule has 0 heterocycles. The number of Topliss-reactive ketones (excluding diaryl/α,β-unsaturated/α-hetero) is 1. The summed E-state index contributed by atoms with van der Waals surface area (Å²) in [5, 5.41) is 10.7. The van der Waals surface area contributed by atoms with E-state index in [1.807, 2.05) is 32.0 Å². The van der Waals surface area contributed by atoms with Gasteiger partial charge in [-0.05, 0) is 70.6 Å². The normalized spacial score (nSPS) is 13.9. The van der Waals surface area contributed by atoms with Crippen LogP contribution in [0, 0.1) is 5.92 Å². The number of ketones is 1. The van der Waals surface area contributed by atoms with Gasteiger partial charge in [-0.25, -0.2) is 0 Å². The largest absolute Gasteiger partial charge is 0.461 e. The third-order valence-electron chi connectivity index (χ3n) is 6.81. The highest BCUT2D eigenvalue weighted by molar-refractivity contribution is 5.96. The number of hydrogen-bond donors (Lipinski definition) is 5.